The maximum Gasteiger partial charge on any atom is 0.253 e. The molecule has 156 valence electrons. The fraction of sp³-hybridized carbons (Fsp3) is 0.455. The van der Waals surface area contributed by atoms with Crippen LogP contribution in [-0.4, -0.2) is 71.9 Å². The van der Waals surface area contributed by atoms with E-state index in [2.05, 4.69) is 26.6 Å². The van der Waals surface area contributed by atoms with Crippen LogP contribution in [0.1, 0.15) is 29.6 Å². The molecule has 0 radical (unpaired) electrons. The molecule has 2 aliphatic rings. The highest BCUT2D eigenvalue weighted by Crippen LogP contribution is 2.27. The van der Waals surface area contributed by atoms with Crippen molar-refractivity contribution in [2.45, 2.75) is 31.3 Å². The highest BCUT2D eigenvalue weighted by molar-refractivity contribution is 6.08. The zero-order valence-corrected chi connectivity index (χ0v) is 17.1. The van der Waals surface area contributed by atoms with Gasteiger partial charge in [-0.3, -0.25) is 19.5 Å². The van der Waals surface area contributed by atoms with Gasteiger partial charge in [0, 0.05) is 50.0 Å². The molecule has 8 heteroatoms. The highest BCUT2D eigenvalue weighted by Gasteiger charge is 2.31. The van der Waals surface area contributed by atoms with E-state index >= 15 is 0 Å². The molecule has 4 rings (SSSR count). The summed E-state index contributed by atoms with van der Waals surface area (Å²) in [5.41, 5.74) is 2.16. The summed E-state index contributed by atoms with van der Waals surface area (Å²) >= 11 is 0. The number of carbonyl (C=O) groups is 2. The van der Waals surface area contributed by atoms with E-state index < -0.39 is 0 Å². The minimum atomic E-state index is -0.272. The Balaban J connectivity index is 1.43. The number of fused-ring (bicyclic) bond motifs is 1. The molecule has 30 heavy (non-hydrogen) atoms. The van der Waals surface area contributed by atoms with Crippen LogP contribution >= 0.6 is 0 Å². The molecular formula is C22H26N6O2. The number of anilines is 1. The topological polar surface area (TPSA) is 101 Å². The van der Waals surface area contributed by atoms with Crippen molar-refractivity contribution in [1.82, 2.24) is 20.1 Å². The zero-order chi connectivity index (χ0) is 21.1. The smallest absolute Gasteiger partial charge is 0.253 e. The lowest BCUT2D eigenvalue weighted by atomic mass is 10.1. The Morgan fingerprint density at radius 1 is 1.27 bits per heavy atom. The predicted molar refractivity (Wildman–Crippen MR) is 114 cm³/mol. The Kier molecular flexibility index (Phi) is 5.81. The molecule has 0 unspecified atom stereocenters. The molecule has 2 saturated heterocycles. The van der Waals surface area contributed by atoms with Crippen molar-refractivity contribution in [2.75, 3.05) is 38.5 Å². The van der Waals surface area contributed by atoms with Gasteiger partial charge in [0.15, 0.2) is 0 Å². The van der Waals surface area contributed by atoms with Crippen LogP contribution in [0.4, 0.5) is 5.69 Å². The average molecular weight is 406 g/mol. The molecule has 8 nitrogen and oxygen atoms in total. The minimum Gasteiger partial charge on any atom is -0.380 e. The number of nitrogens with zero attached hydrogens (tertiary/aromatic N) is 4. The fourth-order valence-corrected chi connectivity index (χ4v) is 4.41. The molecule has 2 atom stereocenters. The Hall–Kier alpha value is -3.18. The second kappa shape index (κ2) is 8.67. The van der Waals surface area contributed by atoms with Gasteiger partial charge in [0.1, 0.15) is 6.04 Å². The standard InChI is InChI=1S/C22H26N6O2/c1-24-22(30)18-6-7-19(17-5-2-9-25-21(17)18)26-15-8-11-27(13-15)14-20(29)28-10-3-4-16(28)12-23/h2,5-7,9,15-16,26H,3-4,8,10-11,13-14H2,1H3,(H,24,30)/t15-,16-/m0/s1. The van der Waals surface area contributed by atoms with Gasteiger partial charge in [-0.15, -0.1) is 0 Å². The van der Waals surface area contributed by atoms with Crippen molar-refractivity contribution in [2.24, 2.45) is 0 Å². The molecule has 0 aliphatic carbocycles. The molecule has 2 N–H and O–H groups in total. The lowest BCUT2D eigenvalue weighted by Crippen LogP contribution is -2.42. The van der Waals surface area contributed by atoms with Gasteiger partial charge in [-0.2, -0.15) is 5.26 Å². The first-order chi connectivity index (χ1) is 14.6. The SMILES string of the molecule is CNC(=O)c1ccc(N[C@H]2CCN(CC(=O)N3CCC[C@H]3C#N)C2)c2cccnc12. The molecule has 0 saturated carbocycles. The van der Waals surface area contributed by atoms with Crippen molar-refractivity contribution in [3.63, 3.8) is 0 Å². The van der Waals surface area contributed by atoms with Gasteiger partial charge < -0.3 is 15.5 Å². The van der Waals surface area contributed by atoms with E-state index in [1.165, 1.54) is 0 Å². The number of aromatic nitrogens is 1. The average Bonchev–Trinajstić information content (AvgIpc) is 3.42. The Labute approximate surface area is 175 Å². The van der Waals surface area contributed by atoms with Gasteiger partial charge in [-0.25, -0.2) is 0 Å². The summed E-state index contributed by atoms with van der Waals surface area (Å²) in [7, 11) is 1.61. The van der Waals surface area contributed by atoms with Crippen LogP contribution in [0, 0.1) is 11.3 Å². The van der Waals surface area contributed by atoms with Crippen molar-refractivity contribution in [1.29, 1.82) is 5.26 Å². The molecular weight excluding hydrogens is 380 g/mol. The number of nitrogens with one attached hydrogen (secondary N) is 2. The summed E-state index contributed by atoms with van der Waals surface area (Å²) in [4.78, 5) is 33.0. The second-order valence-electron chi connectivity index (χ2n) is 7.88. The first-order valence-electron chi connectivity index (χ1n) is 10.4. The van der Waals surface area contributed by atoms with Crippen LogP contribution in [0.2, 0.25) is 0 Å². The molecule has 1 aromatic carbocycles. The van der Waals surface area contributed by atoms with Crippen LogP contribution in [0.15, 0.2) is 30.5 Å². The van der Waals surface area contributed by atoms with E-state index in [0.717, 1.165) is 43.4 Å². The van der Waals surface area contributed by atoms with E-state index in [1.807, 2.05) is 18.2 Å². The van der Waals surface area contributed by atoms with Crippen molar-refractivity contribution in [3.05, 3.63) is 36.0 Å². The number of amides is 2. The molecule has 2 aromatic rings. The lowest BCUT2D eigenvalue weighted by molar-refractivity contribution is -0.132. The van der Waals surface area contributed by atoms with Gasteiger partial charge in [0.05, 0.1) is 23.7 Å². The van der Waals surface area contributed by atoms with Gasteiger partial charge in [-0.1, -0.05) is 0 Å². The Bertz CT molecular complexity index is 1000. The number of pyridine rings is 1. The van der Waals surface area contributed by atoms with Gasteiger partial charge in [0.2, 0.25) is 5.91 Å². The summed E-state index contributed by atoms with van der Waals surface area (Å²) in [5, 5.41) is 16.3. The van der Waals surface area contributed by atoms with E-state index in [-0.39, 0.29) is 23.9 Å². The fourth-order valence-electron chi connectivity index (χ4n) is 4.41. The van der Waals surface area contributed by atoms with Crippen LogP contribution in [0.25, 0.3) is 10.9 Å². The molecule has 2 fully saturated rings. The van der Waals surface area contributed by atoms with Crippen LogP contribution in [0.5, 0.6) is 0 Å². The molecule has 0 bridgehead atoms. The van der Waals surface area contributed by atoms with Crippen molar-refractivity contribution in [3.8, 4) is 6.07 Å². The summed E-state index contributed by atoms with van der Waals surface area (Å²) in [6, 6.07) is 9.71. The van der Waals surface area contributed by atoms with Crippen molar-refractivity contribution < 1.29 is 9.59 Å². The Morgan fingerprint density at radius 3 is 2.93 bits per heavy atom. The molecule has 2 amide bonds. The van der Waals surface area contributed by atoms with E-state index in [0.29, 0.717) is 24.2 Å². The van der Waals surface area contributed by atoms with Crippen LogP contribution in [0.3, 0.4) is 0 Å². The van der Waals surface area contributed by atoms with Gasteiger partial charge >= 0.3 is 0 Å². The van der Waals surface area contributed by atoms with Gasteiger partial charge in [0.25, 0.3) is 5.91 Å². The number of nitriles is 1. The first kappa shape index (κ1) is 20.1. The quantitative estimate of drug-likeness (QED) is 0.782. The summed E-state index contributed by atoms with van der Waals surface area (Å²) < 4.78 is 0. The van der Waals surface area contributed by atoms with Crippen molar-refractivity contribution >= 4 is 28.4 Å². The molecule has 3 heterocycles. The highest BCUT2D eigenvalue weighted by atomic mass is 16.2. The summed E-state index contributed by atoms with van der Waals surface area (Å²) in [6.45, 7) is 2.63. The molecule has 0 spiro atoms. The monoisotopic (exact) mass is 406 g/mol. The number of hydrogen-bond donors (Lipinski definition) is 2. The minimum absolute atomic E-state index is 0.0456. The largest absolute Gasteiger partial charge is 0.380 e. The second-order valence-corrected chi connectivity index (χ2v) is 7.88. The van der Waals surface area contributed by atoms with E-state index in [1.54, 1.807) is 24.2 Å². The zero-order valence-electron chi connectivity index (χ0n) is 17.1. The Morgan fingerprint density at radius 2 is 2.13 bits per heavy atom. The number of hydrogen-bond acceptors (Lipinski definition) is 6. The molecule has 2 aliphatic heterocycles. The number of benzene rings is 1. The third-order valence-corrected chi connectivity index (χ3v) is 5.95. The third-order valence-electron chi connectivity index (χ3n) is 5.95. The first-order valence-corrected chi connectivity index (χ1v) is 10.4. The normalized spacial score (nSPS) is 21.5. The predicted octanol–water partition coefficient (Wildman–Crippen LogP) is 1.60. The van der Waals surface area contributed by atoms with E-state index in [4.69, 9.17) is 0 Å². The number of rotatable bonds is 5. The van der Waals surface area contributed by atoms with Crippen LogP contribution in [-0.2, 0) is 4.79 Å². The number of likely N-dealkylation sites (tertiary alicyclic amines) is 2. The van der Waals surface area contributed by atoms with Gasteiger partial charge in [-0.05, 0) is 43.5 Å². The lowest BCUT2D eigenvalue weighted by Gasteiger charge is -2.23. The molecule has 1 aromatic heterocycles. The van der Waals surface area contributed by atoms with E-state index in [9.17, 15) is 14.9 Å². The summed E-state index contributed by atoms with van der Waals surface area (Å²) in [5.74, 6) is -0.113. The maximum absolute atomic E-state index is 12.6. The maximum atomic E-state index is 12.6. The third kappa shape index (κ3) is 3.94. The summed E-state index contributed by atoms with van der Waals surface area (Å²) in [6.07, 6.45) is 4.29. The number of carbonyl (C=O) groups excluding carboxylic acids is 2. The van der Waals surface area contributed by atoms with Crippen LogP contribution < -0.4 is 10.6 Å².